The molecule has 3 amide bonds. The molecule has 4 fully saturated rings. The number of rotatable bonds is 6. The lowest BCUT2D eigenvalue weighted by Gasteiger charge is -2.38. The van der Waals surface area contributed by atoms with E-state index >= 15 is 0 Å². The first-order chi connectivity index (χ1) is 17.7. The minimum Gasteiger partial charge on any atom is -0.359 e. The van der Waals surface area contributed by atoms with Gasteiger partial charge in [0.05, 0.1) is 17.9 Å². The molecule has 2 saturated heterocycles. The van der Waals surface area contributed by atoms with Gasteiger partial charge < -0.3 is 20.3 Å². The summed E-state index contributed by atoms with van der Waals surface area (Å²) in [5.74, 6) is -0.476. The van der Waals surface area contributed by atoms with E-state index in [0.717, 1.165) is 25.7 Å². The summed E-state index contributed by atoms with van der Waals surface area (Å²) >= 11 is 0. The number of ether oxygens (including phenoxy) is 1. The van der Waals surface area contributed by atoms with Gasteiger partial charge in [-0.1, -0.05) is 64.8 Å². The van der Waals surface area contributed by atoms with Gasteiger partial charge in [0.1, 0.15) is 11.6 Å². The van der Waals surface area contributed by atoms with Crippen molar-refractivity contribution in [2.45, 2.75) is 95.5 Å². The summed E-state index contributed by atoms with van der Waals surface area (Å²) in [6.45, 7) is 8.72. The number of hydrogen-bond donors (Lipinski definition) is 2. The van der Waals surface area contributed by atoms with Crippen LogP contribution in [0.25, 0.3) is 0 Å². The molecule has 3 aliphatic heterocycles. The summed E-state index contributed by atoms with van der Waals surface area (Å²) in [7, 11) is 0. The number of carbonyl (C=O) groups is 3. The van der Waals surface area contributed by atoms with Crippen molar-refractivity contribution in [3.8, 4) is 0 Å². The van der Waals surface area contributed by atoms with E-state index in [2.05, 4.69) is 38.3 Å². The molecule has 37 heavy (non-hydrogen) atoms. The summed E-state index contributed by atoms with van der Waals surface area (Å²) in [5.41, 5.74) is 0.820. The van der Waals surface area contributed by atoms with Crippen molar-refractivity contribution in [3.63, 3.8) is 0 Å². The molecule has 7 heteroatoms. The molecule has 5 aliphatic rings. The molecule has 2 aliphatic carbocycles. The van der Waals surface area contributed by atoms with Gasteiger partial charge in [0.25, 0.3) is 0 Å². The predicted molar refractivity (Wildman–Crippen MR) is 141 cm³/mol. The van der Waals surface area contributed by atoms with Gasteiger partial charge in [0.2, 0.25) is 17.7 Å². The van der Waals surface area contributed by atoms with E-state index < -0.39 is 29.6 Å². The van der Waals surface area contributed by atoms with Crippen LogP contribution in [0.1, 0.15) is 71.3 Å². The molecule has 198 valence electrons. The fourth-order valence-electron chi connectivity index (χ4n) is 7.18. The van der Waals surface area contributed by atoms with Crippen LogP contribution >= 0.6 is 0 Å². The van der Waals surface area contributed by atoms with Crippen LogP contribution in [0.3, 0.4) is 0 Å². The number of nitrogens with zero attached hydrogens (tertiary/aromatic N) is 1. The van der Waals surface area contributed by atoms with Crippen LogP contribution in [0.5, 0.6) is 0 Å². The van der Waals surface area contributed by atoms with E-state index in [4.69, 9.17) is 4.74 Å². The highest BCUT2D eigenvalue weighted by Crippen LogP contribution is 2.57. The number of likely N-dealkylation sites (tertiary alicyclic amines) is 1. The Labute approximate surface area is 219 Å². The summed E-state index contributed by atoms with van der Waals surface area (Å²) in [5, 5.41) is 6.34. The molecule has 8 atom stereocenters. The van der Waals surface area contributed by atoms with E-state index in [-0.39, 0.29) is 29.8 Å². The average Bonchev–Trinajstić information content (AvgIpc) is 3.46. The standard InChI is InChI=1S/C30H39N3O4/c1-16(2)19-8-10-20(11-9-19)31-27(34)24-23-14-15-30(37-23)25(24)29(36)33(21-12-13-21)26(30)28(35)32-22-7-5-6-17(3)18(22)4/h8-11,14-18,21-26H,5-7,12-13H2,1-4H3,(H,31,34)(H,32,35)/t17-,18-,22+,23+,24-,25+,26+,30+/m0/s1. The Morgan fingerprint density at radius 1 is 1.05 bits per heavy atom. The third kappa shape index (κ3) is 3.92. The van der Waals surface area contributed by atoms with Crippen molar-refractivity contribution < 1.29 is 19.1 Å². The number of carbonyl (C=O) groups excluding carboxylic acids is 3. The quantitative estimate of drug-likeness (QED) is 0.572. The van der Waals surface area contributed by atoms with Crippen LogP contribution in [-0.4, -0.2) is 52.5 Å². The summed E-state index contributed by atoms with van der Waals surface area (Å²) in [6.07, 6.45) is 8.30. The van der Waals surface area contributed by atoms with Crippen molar-refractivity contribution in [1.29, 1.82) is 0 Å². The Morgan fingerprint density at radius 3 is 2.46 bits per heavy atom. The summed E-state index contributed by atoms with van der Waals surface area (Å²) in [6, 6.07) is 7.26. The molecule has 7 nitrogen and oxygen atoms in total. The highest BCUT2D eigenvalue weighted by Gasteiger charge is 2.74. The molecule has 2 saturated carbocycles. The van der Waals surface area contributed by atoms with Crippen LogP contribution in [-0.2, 0) is 19.1 Å². The van der Waals surface area contributed by atoms with Crippen LogP contribution in [0.2, 0.25) is 0 Å². The van der Waals surface area contributed by atoms with Gasteiger partial charge in [-0.05, 0) is 54.7 Å². The van der Waals surface area contributed by atoms with Gasteiger partial charge in [-0.25, -0.2) is 0 Å². The Kier molecular flexibility index (Phi) is 5.98. The maximum atomic E-state index is 13.9. The topological polar surface area (TPSA) is 87.7 Å². The molecule has 3 heterocycles. The van der Waals surface area contributed by atoms with Crippen molar-refractivity contribution in [2.75, 3.05) is 5.32 Å². The van der Waals surface area contributed by atoms with Gasteiger partial charge >= 0.3 is 0 Å². The normalized spacial score (nSPS) is 38.2. The zero-order chi connectivity index (χ0) is 26.1. The van der Waals surface area contributed by atoms with Crippen molar-refractivity contribution in [3.05, 3.63) is 42.0 Å². The van der Waals surface area contributed by atoms with Crippen LogP contribution < -0.4 is 10.6 Å². The molecule has 0 radical (unpaired) electrons. The van der Waals surface area contributed by atoms with E-state index in [1.807, 2.05) is 36.4 Å². The minimum absolute atomic E-state index is 0.0502. The maximum Gasteiger partial charge on any atom is 0.246 e. The number of benzene rings is 1. The third-order valence-corrected chi connectivity index (χ3v) is 9.68. The van der Waals surface area contributed by atoms with Crippen molar-refractivity contribution >= 4 is 23.4 Å². The third-order valence-electron chi connectivity index (χ3n) is 9.68. The molecule has 1 aromatic carbocycles. The fraction of sp³-hybridized carbons (Fsp3) is 0.633. The number of amides is 3. The summed E-state index contributed by atoms with van der Waals surface area (Å²) < 4.78 is 6.46. The van der Waals surface area contributed by atoms with E-state index in [0.29, 0.717) is 23.4 Å². The number of nitrogens with one attached hydrogen (secondary N) is 2. The molecule has 2 N–H and O–H groups in total. The highest BCUT2D eigenvalue weighted by molar-refractivity contribution is 6.03. The number of hydrogen-bond acceptors (Lipinski definition) is 4. The molecular formula is C30H39N3O4. The number of anilines is 1. The maximum absolute atomic E-state index is 13.9. The van der Waals surface area contributed by atoms with E-state index in [1.165, 1.54) is 12.0 Å². The van der Waals surface area contributed by atoms with Crippen molar-refractivity contribution in [1.82, 2.24) is 10.2 Å². The lowest BCUT2D eigenvalue weighted by atomic mass is 9.73. The second kappa shape index (κ2) is 8.97. The Balaban J connectivity index is 1.26. The highest BCUT2D eigenvalue weighted by atomic mass is 16.5. The lowest BCUT2D eigenvalue weighted by molar-refractivity contribution is -0.142. The summed E-state index contributed by atoms with van der Waals surface area (Å²) in [4.78, 5) is 43.2. The van der Waals surface area contributed by atoms with Gasteiger partial charge in [0, 0.05) is 17.8 Å². The Hall–Kier alpha value is -2.67. The Bertz CT molecular complexity index is 1130. The predicted octanol–water partition coefficient (Wildman–Crippen LogP) is 4.00. The molecule has 1 aromatic rings. The molecule has 6 rings (SSSR count). The zero-order valence-corrected chi connectivity index (χ0v) is 22.3. The van der Waals surface area contributed by atoms with Crippen LogP contribution in [0, 0.1) is 23.7 Å². The first-order valence-electron chi connectivity index (χ1n) is 14.1. The SMILES string of the molecule is CC(C)c1ccc(NC(=O)[C@H]2[C@H]3C=C[C@@]4(O3)[C@H]2C(=O)N(C2CC2)[C@@H]4C(=O)N[C@@H]2CCC[C@H](C)[C@@H]2C)cc1. The molecular weight excluding hydrogens is 466 g/mol. The molecule has 2 bridgehead atoms. The second-order valence-corrected chi connectivity index (χ2v) is 12.3. The van der Waals surface area contributed by atoms with E-state index in [9.17, 15) is 14.4 Å². The lowest BCUT2D eigenvalue weighted by Crippen LogP contribution is -2.58. The Morgan fingerprint density at radius 2 is 1.78 bits per heavy atom. The zero-order valence-electron chi connectivity index (χ0n) is 22.3. The first kappa shape index (κ1) is 24.7. The first-order valence-corrected chi connectivity index (χ1v) is 14.1. The molecule has 0 unspecified atom stereocenters. The monoisotopic (exact) mass is 505 g/mol. The fourth-order valence-corrected chi connectivity index (χ4v) is 7.18. The number of fused-ring (bicyclic) bond motifs is 1. The largest absolute Gasteiger partial charge is 0.359 e. The minimum atomic E-state index is -1.08. The van der Waals surface area contributed by atoms with Gasteiger partial charge in [-0.3, -0.25) is 14.4 Å². The second-order valence-electron chi connectivity index (χ2n) is 12.3. The average molecular weight is 506 g/mol. The van der Waals surface area contributed by atoms with Gasteiger partial charge in [-0.2, -0.15) is 0 Å². The smallest absolute Gasteiger partial charge is 0.246 e. The van der Waals surface area contributed by atoms with Crippen LogP contribution in [0.15, 0.2) is 36.4 Å². The van der Waals surface area contributed by atoms with E-state index in [1.54, 1.807) is 4.90 Å². The van der Waals surface area contributed by atoms with Crippen molar-refractivity contribution in [2.24, 2.45) is 23.7 Å². The molecule has 1 spiro atoms. The molecule has 0 aromatic heterocycles. The van der Waals surface area contributed by atoms with Crippen LogP contribution in [0.4, 0.5) is 5.69 Å². The van der Waals surface area contributed by atoms with Gasteiger partial charge in [-0.15, -0.1) is 0 Å². The van der Waals surface area contributed by atoms with Gasteiger partial charge in [0.15, 0.2) is 0 Å².